The standard InChI is InChI=1S/C25H26ClN5O4/c26-22-20(16-27-31(25(22)35)17-6-2-1-3-7-17)28-12-14-29(15-13-28)21(32)10-11-30-23(33)18-8-4-5-9-19(18)24(30)34/h1-7,16,18-19H,8-15H2/t18-,19-/m0/s1. The highest BCUT2D eigenvalue weighted by Gasteiger charge is 2.47. The van der Waals surface area contributed by atoms with Crippen molar-refractivity contribution in [3.63, 3.8) is 0 Å². The van der Waals surface area contributed by atoms with Gasteiger partial charge >= 0.3 is 0 Å². The average Bonchev–Trinajstić information content (AvgIpc) is 3.14. The van der Waals surface area contributed by atoms with Crippen molar-refractivity contribution in [3.05, 3.63) is 64.1 Å². The Balaban J connectivity index is 1.17. The SMILES string of the molecule is O=C(CCN1C(=O)[C@H]2CC=CC[C@@H]2C1=O)N1CCN(c2cnn(-c3ccccc3)c(=O)c2Cl)CC1. The number of carbonyl (C=O) groups excluding carboxylic acids is 3. The average molecular weight is 496 g/mol. The lowest BCUT2D eigenvalue weighted by molar-refractivity contribution is -0.140. The Kier molecular flexibility index (Phi) is 6.42. The first-order valence-electron chi connectivity index (χ1n) is 11.8. The molecule has 3 aliphatic rings. The Morgan fingerprint density at radius 1 is 0.943 bits per heavy atom. The first-order valence-corrected chi connectivity index (χ1v) is 12.2. The first kappa shape index (κ1) is 23.3. The predicted octanol–water partition coefficient (Wildman–Crippen LogP) is 1.88. The molecule has 3 heterocycles. The molecule has 0 spiro atoms. The second-order valence-electron chi connectivity index (χ2n) is 9.00. The number of rotatable bonds is 5. The van der Waals surface area contributed by atoms with Crippen LogP contribution in [0.5, 0.6) is 0 Å². The molecule has 1 aromatic carbocycles. The van der Waals surface area contributed by atoms with Gasteiger partial charge in [-0.2, -0.15) is 9.78 Å². The molecule has 2 saturated heterocycles. The van der Waals surface area contributed by atoms with Gasteiger partial charge in [-0.3, -0.25) is 24.1 Å². The summed E-state index contributed by atoms with van der Waals surface area (Å²) in [6, 6.07) is 9.06. The quantitative estimate of drug-likeness (QED) is 0.464. The summed E-state index contributed by atoms with van der Waals surface area (Å²) in [7, 11) is 0. The van der Waals surface area contributed by atoms with Crippen molar-refractivity contribution in [2.24, 2.45) is 11.8 Å². The van der Waals surface area contributed by atoms with Crippen molar-refractivity contribution < 1.29 is 14.4 Å². The third-order valence-electron chi connectivity index (χ3n) is 7.02. The fourth-order valence-electron chi connectivity index (χ4n) is 5.05. The van der Waals surface area contributed by atoms with E-state index in [9.17, 15) is 19.2 Å². The highest BCUT2D eigenvalue weighted by molar-refractivity contribution is 6.33. The molecular weight excluding hydrogens is 470 g/mol. The zero-order valence-corrected chi connectivity index (χ0v) is 19.9. The van der Waals surface area contributed by atoms with Crippen LogP contribution in [0.3, 0.4) is 0 Å². The lowest BCUT2D eigenvalue weighted by atomic mass is 9.85. The largest absolute Gasteiger partial charge is 0.365 e. The Morgan fingerprint density at radius 2 is 1.57 bits per heavy atom. The van der Waals surface area contributed by atoms with Crippen LogP contribution >= 0.6 is 11.6 Å². The molecule has 2 fully saturated rings. The molecule has 0 bridgehead atoms. The number of allylic oxidation sites excluding steroid dienone is 2. The summed E-state index contributed by atoms with van der Waals surface area (Å²) in [5.41, 5.74) is 0.775. The van der Waals surface area contributed by atoms with E-state index in [-0.39, 0.29) is 47.5 Å². The van der Waals surface area contributed by atoms with Gasteiger partial charge in [0.1, 0.15) is 5.02 Å². The lowest BCUT2D eigenvalue weighted by Gasteiger charge is -2.36. The lowest BCUT2D eigenvalue weighted by Crippen LogP contribution is -2.50. The minimum atomic E-state index is -0.399. The van der Waals surface area contributed by atoms with E-state index in [1.807, 2.05) is 35.3 Å². The molecule has 0 N–H and O–H groups in total. The minimum absolute atomic E-state index is 0.0886. The Hall–Kier alpha value is -3.46. The van der Waals surface area contributed by atoms with Crippen LogP contribution in [0, 0.1) is 11.8 Å². The van der Waals surface area contributed by atoms with Crippen molar-refractivity contribution in [2.75, 3.05) is 37.6 Å². The number of benzene rings is 1. The second-order valence-corrected chi connectivity index (χ2v) is 9.38. The van der Waals surface area contributed by atoms with Crippen LogP contribution in [0.25, 0.3) is 5.69 Å². The van der Waals surface area contributed by atoms with Gasteiger partial charge in [0.25, 0.3) is 5.56 Å². The summed E-state index contributed by atoms with van der Waals surface area (Å²) in [5, 5.41) is 4.37. The second kappa shape index (κ2) is 9.65. The molecule has 2 atom stereocenters. The minimum Gasteiger partial charge on any atom is -0.365 e. The molecule has 2 aromatic rings. The van der Waals surface area contributed by atoms with Gasteiger partial charge in [0.05, 0.1) is 29.4 Å². The molecule has 5 rings (SSSR count). The van der Waals surface area contributed by atoms with Crippen molar-refractivity contribution >= 4 is 35.0 Å². The van der Waals surface area contributed by atoms with E-state index in [1.54, 1.807) is 23.2 Å². The molecule has 3 amide bonds. The number of para-hydroxylation sites is 1. The number of fused-ring (bicyclic) bond motifs is 1. The molecule has 9 nitrogen and oxygen atoms in total. The van der Waals surface area contributed by atoms with Crippen molar-refractivity contribution in [1.29, 1.82) is 0 Å². The number of halogens is 1. The number of carbonyl (C=O) groups is 3. The third kappa shape index (κ3) is 4.36. The predicted molar refractivity (Wildman–Crippen MR) is 130 cm³/mol. The summed E-state index contributed by atoms with van der Waals surface area (Å²) >= 11 is 6.41. The van der Waals surface area contributed by atoms with Crippen molar-refractivity contribution in [2.45, 2.75) is 19.3 Å². The van der Waals surface area contributed by atoms with Gasteiger partial charge in [0.15, 0.2) is 0 Å². The van der Waals surface area contributed by atoms with E-state index in [0.29, 0.717) is 50.4 Å². The number of hydrogen-bond acceptors (Lipinski definition) is 6. The van der Waals surface area contributed by atoms with Gasteiger partial charge in [-0.15, -0.1) is 0 Å². The van der Waals surface area contributed by atoms with Crippen LogP contribution in [0.2, 0.25) is 5.02 Å². The van der Waals surface area contributed by atoms with E-state index in [1.165, 1.54) is 9.58 Å². The van der Waals surface area contributed by atoms with E-state index in [4.69, 9.17) is 11.6 Å². The van der Waals surface area contributed by atoms with Gasteiger partial charge in [0, 0.05) is 39.1 Å². The highest BCUT2D eigenvalue weighted by Crippen LogP contribution is 2.35. The van der Waals surface area contributed by atoms with Crippen LogP contribution in [0.1, 0.15) is 19.3 Å². The molecule has 1 aliphatic carbocycles. The van der Waals surface area contributed by atoms with E-state index >= 15 is 0 Å². The summed E-state index contributed by atoms with van der Waals surface area (Å²) in [6.45, 7) is 2.03. The first-order chi connectivity index (χ1) is 17.0. The van der Waals surface area contributed by atoms with Crippen molar-refractivity contribution in [3.8, 4) is 5.69 Å². The number of piperazine rings is 1. The third-order valence-corrected chi connectivity index (χ3v) is 7.38. The summed E-state index contributed by atoms with van der Waals surface area (Å²) in [4.78, 5) is 55.7. The number of likely N-dealkylation sites (tertiary alicyclic amines) is 1. The summed E-state index contributed by atoms with van der Waals surface area (Å²) in [5.74, 6) is -0.964. The molecular formula is C25H26ClN5O4. The molecule has 35 heavy (non-hydrogen) atoms. The van der Waals surface area contributed by atoms with Crippen LogP contribution < -0.4 is 10.5 Å². The Labute approximate surface area is 207 Å². The molecule has 1 aromatic heterocycles. The maximum absolute atomic E-state index is 12.8. The fourth-order valence-corrected chi connectivity index (χ4v) is 5.30. The van der Waals surface area contributed by atoms with Crippen LogP contribution in [0.4, 0.5) is 5.69 Å². The van der Waals surface area contributed by atoms with Crippen molar-refractivity contribution in [1.82, 2.24) is 19.6 Å². The van der Waals surface area contributed by atoms with Crippen LogP contribution in [0.15, 0.2) is 53.5 Å². The molecule has 0 saturated carbocycles. The van der Waals surface area contributed by atoms with Gasteiger partial charge in [0.2, 0.25) is 17.7 Å². The normalized spacial score (nSPS) is 22.0. The number of imide groups is 1. The molecule has 10 heteroatoms. The number of anilines is 1. The van der Waals surface area contributed by atoms with Gasteiger partial charge in [-0.05, 0) is 25.0 Å². The van der Waals surface area contributed by atoms with Crippen LogP contribution in [-0.4, -0.2) is 70.0 Å². The molecule has 0 radical (unpaired) electrons. The molecule has 0 unspecified atom stereocenters. The highest BCUT2D eigenvalue weighted by atomic mass is 35.5. The maximum Gasteiger partial charge on any atom is 0.292 e. The monoisotopic (exact) mass is 495 g/mol. The molecule has 182 valence electrons. The zero-order valence-electron chi connectivity index (χ0n) is 19.2. The van der Waals surface area contributed by atoms with E-state index < -0.39 is 5.56 Å². The van der Waals surface area contributed by atoms with Crippen LogP contribution in [-0.2, 0) is 14.4 Å². The number of nitrogens with zero attached hydrogens (tertiary/aromatic N) is 5. The number of aromatic nitrogens is 2. The van der Waals surface area contributed by atoms with E-state index in [2.05, 4.69) is 5.10 Å². The smallest absolute Gasteiger partial charge is 0.292 e. The fraction of sp³-hybridized carbons (Fsp3) is 0.400. The summed E-state index contributed by atoms with van der Waals surface area (Å²) in [6.07, 6.45) is 6.77. The topological polar surface area (TPSA) is 95.8 Å². The summed E-state index contributed by atoms with van der Waals surface area (Å²) < 4.78 is 1.26. The van der Waals surface area contributed by atoms with Gasteiger partial charge in [-0.1, -0.05) is 42.0 Å². The maximum atomic E-state index is 12.8. The number of hydrogen-bond donors (Lipinski definition) is 0. The zero-order chi connectivity index (χ0) is 24.5. The van der Waals surface area contributed by atoms with E-state index in [0.717, 1.165) is 0 Å². The Morgan fingerprint density at radius 3 is 2.20 bits per heavy atom. The van der Waals surface area contributed by atoms with Gasteiger partial charge < -0.3 is 9.80 Å². The Bertz CT molecular complexity index is 1210. The van der Waals surface area contributed by atoms with Gasteiger partial charge in [-0.25, -0.2) is 0 Å². The number of amides is 3. The molecule has 2 aliphatic heterocycles.